The third kappa shape index (κ3) is 3.71. The number of carbonyl (C=O) groups excluding carboxylic acids is 2. The molecule has 2 aromatic rings. The van der Waals surface area contributed by atoms with Gasteiger partial charge in [-0.1, -0.05) is 29.3 Å². The normalized spacial score (nSPS) is 14.6. The highest BCUT2D eigenvalue weighted by Gasteiger charge is 2.25. The predicted octanol–water partition coefficient (Wildman–Crippen LogP) is 3.59. The van der Waals surface area contributed by atoms with Gasteiger partial charge in [0.2, 0.25) is 0 Å². The summed E-state index contributed by atoms with van der Waals surface area (Å²) in [6.07, 6.45) is 0. The molecule has 1 aliphatic heterocycles. The van der Waals surface area contributed by atoms with E-state index in [-0.39, 0.29) is 11.8 Å². The molecule has 0 aliphatic carbocycles. The summed E-state index contributed by atoms with van der Waals surface area (Å²) in [5.41, 5.74) is 1.17. The van der Waals surface area contributed by atoms with Crippen molar-refractivity contribution in [3.05, 3.63) is 69.7 Å². The van der Waals surface area contributed by atoms with E-state index in [1.165, 1.54) is 0 Å². The first-order valence-electron chi connectivity index (χ1n) is 7.64. The van der Waals surface area contributed by atoms with Crippen molar-refractivity contribution in [2.24, 2.45) is 0 Å². The van der Waals surface area contributed by atoms with Crippen molar-refractivity contribution < 1.29 is 9.59 Å². The first kappa shape index (κ1) is 16.8. The molecule has 1 heterocycles. The van der Waals surface area contributed by atoms with Gasteiger partial charge >= 0.3 is 0 Å². The van der Waals surface area contributed by atoms with Crippen molar-refractivity contribution in [2.75, 3.05) is 26.2 Å². The van der Waals surface area contributed by atoms with E-state index in [4.69, 9.17) is 23.2 Å². The molecule has 6 heteroatoms. The zero-order valence-corrected chi connectivity index (χ0v) is 14.4. The summed E-state index contributed by atoms with van der Waals surface area (Å²) in [5, 5.41) is 1.14. The summed E-state index contributed by atoms with van der Waals surface area (Å²) in [4.78, 5) is 28.5. The van der Waals surface area contributed by atoms with Crippen LogP contribution in [-0.4, -0.2) is 47.8 Å². The molecule has 1 aliphatic rings. The lowest BCUT2D eigenvalue weighted by Crippen LogP contribution is -2.50. The monoisotopic (exact) mass is 362 g/mol. The van der Waals surface area contributed by atoms with Crippen LogP contribution in [0.4, 0.5) is 0 Å². The molecule has 24 heavy (non-hydrogen) atoms. The number of amides is 2. The Morgan fingerprint density at radius 3 is 1.79 bits per heavy atom. The first-order valence-corrected chi connectivity index (χ1v) is 8.40. The van der Waals surface area contributed by atoms with Crippen molar-refractivity contribution >= 4 is 35.0 Å². The van der Waals surface area contributed by atoms with Crippen LogP contribution in [0, 0.1) is 0 Å². The molecular weight excluding hydrogens is 347 g/mol. The summed E-state index contributed by atoms with van der Waals surface area (Å²) >= 11 is 11.8. The van der Waals surface area contributed by atoms with Crippen LogP contribution in [0.25, 0.3) is 0 Å². The minimum absolute atomic E-state index is 0.0403. The molecule has 0 aromatic heterocycles. The highest BCUT2D eigenvalue weighted by molar-refractivity contribution is 6.31. The van der Waals surface area contributed by atoms with Crippen LogP contribution in [0.2, 0.25) is 10.0 Å². The van der Waals surface area contributed by atoms with Gasteiger partial charge < -0.3 is 9.80 Å². The Kier molecular flexibility index (Phi) is 5.07. The largest absolute Gasteiger partial charge is 0.335 e. The van der Waals surface area contributed by atoms with Gasteiger partial charge in [-0.2, -0.15) is 0 Å². The number of hydrogen-bond donors (Lipinski definition) is 0. The molecule has 2 amide bonds. The van der Waals surface area contributed by atoms with E-state index in [2.05, 4.69) is 0 Å². The lowest BCUT2D eigenvalue weighted by molar-refractivity contribution is 0.0535. The third-order valence-corrected chi connectivity index (χ3v) is 4.50. The number of halogens is 2. The Morgan fingerprint density at radius 1 is 0.708 bits per heavy atom. The Balaban J connectivity index is 1.62. The van der Waals surface area contributed by atoms with Crippen molar-refractivity contribution in [1.82, 2.24) is 9.80 Å². The van der Waals surface area contributed by atoms with Gasteiger partial charge in [0.15, 0.2) is 0 Å². The molecule has 2 aromatic carbocycles. The molecule has 1 saturated heterocycles. The Bertz CT molecular complexity index is 754. The van der Waals surface area contributed by atoms with E-state index < -0.39 is 0 Å². The SMILES string of the molecule is O=C(c1ccc(Cl)cc1)N1CCN(C(=O)c2cccc(Cl)c2)CC1. The second-order valence-electron chi connectivity index (χ2n) is 5.60. The van der Waals surface area contributed by atoms with Gasteiger partial charge in [-0.3, -0.25) is 9.59 Å². The topological polar surface area (TPSA) is 40.6 Å². The fourth-order valence-corrected chi connectivity index (χ4v) is 3.01. The number of benzene rings is 2. The minimum atomic E-state index is -0.0592. The van der Waals surface area contributed by atoms with Crippen molar-refractivity contribution in [2.45, 2.75) is 0 Å². The molecule has 0 unspecified atom stereocenters. The second kappa shape index (κ2) is 7.24. The molecule has 0 N–H and O–H groups in total. The van der Waals surface area contributed by atoms with Crippen LogP contribution in [-0.2, 0) is 0 Å². The molecule has 0 radical (unpaired) electrons. The zero-order chi connectivity index (χ0) is 17.1. The molecule has 4 nitrogen and oxygen atoms in total. The summed E-state index contributed by atoms with van der Waals surface area (Å²) in [7, 11) is 0. The van der Waals surface area contributed by atoms with Gasteiger partial charge in [0.05, 0.1) is 0 Å². The van der Waals surface area contributed by atoms with E-state index in [0.29, 0.717) is 47.4 Å². The number of nitrogens with zero attached hydrogens (tertiary/aromatic N) is 2. The van der Waals surface area contributed by atoms with E-state index in [1.54, 1.807) is 58.3 Å². The zero-order valence-electron chi connectivity index (χ0n) is 12.9. The second-order valence-corrected chi connectivity index (χ2v) is 6.47. The minimum Gasteiger partial charge on any atom is -0.335 e. The Morgan fingerprint density at radius 2 is 1.25 bits per heavy atom. The average molecular weight is 363 g/mol. The lowest BCUT2D eigenvalue weighted by atomic mass is 10.1. The van der Waals surface area contributed by atoms with E-state index in [1.807, 2.05) is 0 Å². The maximum Gasteiger partial charge on any atom is 0.254 e. The molecular formula is C18H16Cl2N2O2. The first-order chi connectivity index (χ1) is 11.5. The maximum atomic E-state index is 12.5. The van der Waals surface area contributed by atoms with Gasteiger partial charge in [0, 0.05) is 47.4 Å². The summed E-state index contributed by atoms with van der Waals surface area (Å²) in [6, 6.07) is 13.7. The lowest BCUT2D eigenvalue weighted by Gasteiger charge is -2.35. The predicted molar refractivity (Wildman–Crippen MR) is 94.7 cm³/mol. The summed E-state index contributed by atoms with van der Waals surface area (Å²) in [5.74, 6) is -0.0994. The van der Waals surface area contributed by atoms with Gasteiger partial charge in [-0.05, 0) is 42.5 Å². The molecule has 124 valence electrons. The standard InChI is InChI=1S/C18H16Cl2N2O2/c19-15-6-4-13(5-7-15)17(23)21-8-10-22(11-9-21)18(24)14-2-1-3-16(20)12-14/h1-7,12H,8-11H2. The number of rotatable bonds is 2. The van der Waals surface area contributed by atoms with E-state index >= 15 is 0 Å². The van der Waals surface area contributed by atoms with Crippen LogP contribution in [0.5, 0.6) is 0 Å². The summed E-state index contributed by atoms with van der Waals surface area (Å²) in [6.45, 7) is 2.02. The fourth-order valence-electron chi connectivity index (χ4n) is 2.69. The number of carbonyl (C=O) groups is 2. The van der Waals surface area contributed by atoms with Crippen LogP contribution in [0.1, 0.15) is 20.7 Å². The number of hydrogen-bond acceptors (Lipinski definition) is 2. The Hall–Kier alpha value is -2.04. The number of piperazine rings is 1. The molecule has 0 spiro atoms. The van der Waals surface area contributed by atoms with Crippen LogP contribution in [0.3, 0.4) is 0 Å². The Labute approximate surface area is 150 Å². The van der Waals surface area contributed by atoms with E-state index in [9.17, 15) is 9.59 Å². The maximum absolute atomic E-state index is 12.5. The molecule has 0 atom stereocenters. The molecule has 0 saturated carbocycles. The fraction of sp³-hybridized carbons (Fsp3) is 0.222. The smallest absolute Gasteiger partial charge is 0.254 e. The quantitative estimate of drug-likeness (QED) is 0.818. The molecule has 0 bridgehead atoms. The van der Waals surface area contributed by atoms with Gasteiger partial charge in [0.1, 0.15) is 0 Å². The van der Waals surface area contributed by atoms with Gasteiger partial charge in [-0.25, -0.2) is 0 Å². The van der Waals surface area contributed by atoms with Gasteiger partial charge in [0.25, 0.3) is 11.8 Å². The van der Waals surface area contributed by atoms with Crippen molar-refractivity contribution in [3.8, 4) is 0 Å². The molecule has 1 fully saturated rings. The van der Waals surface area contributed by atoms with Crippen LogP contribution < -0.4 is 0 Å². The molecule has 3 rings (SSSR count). The summed E-state index contributed by atoms with van der Waals surface area (Å²) < 4.78 is 0. The van der Waals surface area contributed by atoms with E-state index in [0.717, 1.165) is 0 Å². The average Bonchev–Trinajstić information content (AvgIpc) is 2.61. The third-order valence-electron chi connectivity index (χ3n) is 4.02. The van der Waals surface area contributed by atoms with Crippen LogP contribution >= 0.6 is 23.2 Å². The van der Waals surface area contributed by atoms with Gasteiger partial charge in [-0.15, -0.1) is 0 Å². The van der Waals surface area contributed by atoms with Crippen molar-refractivity contribution in [3.63, 3.8) is 0 Å². The van der Waals surface area contributed by atoms with Crippen LogP contribution in [0.15, 0.2) is 48.5 Å². The highest BCUT2D eigenvalue weighted by Crippen LogP contribution is 2.16. The highest BCUT2D eigenvalue weighted by atomic mass is 35.5. The van der Waals surface area contributed by atoms with Crippen molar-refractivity contribution in [1.29, 1.82) is 0 Å².